The summed E-state index contributed by atoms with van der Waals surface area (Å²) in [5.41, 5.74) is 2.81. The van der Waals surface area contributed by atoms with E-state index in [0.29, 0.717) is 6.04 Å². The second kappa shape index (κ2) is 9.18. The summed E-state index contributed by atoms with van der Waals surface area (Å²) in [6.45, 7) is 11.2. The lowest BCUT2D eigenvalue weighted by Crippen LogP contribution is -3.15. The molecule has 0 aliphatic rings. The Bertz CT molecular complexity index is 356. The maximum absolute atomic E-state index is 2.35. The van der Waals surface area contributed by atoms with Gasteiger partial charge in [-0.15, -0.1) is 0 Å². The molecule has 2 heteroatoms. The van der Waals surface area contributed by atoms with Gasteiger partial charge in [0.15, 0.2) is 0 Å². The van der Waals surface area contributed by atoms with Gasteiger partial charge in [0.1, 0.15) is 6.04 Å². The lowest BCUT2D eigenvalue weighted by Gasteiger charge is -2.24. The Morgan fingerprint density at radius 1 is 1.22 bits per heavy atom. The van der Waals surface area contributed by atoms with E-state index in [1.165, 1.54) is 24.2 Å². The molecule has 102 valence electrons. The van der Waals surface area contributed by atoms with Crippen molar-refractivity contribution in [2.75, 3.05) is 13.1 Å². The van der Waals surface area contributed by atoms with Crippen LogP contribution in [0.5, 0.6) is 0 Å². The normalized spacial score (nSPS) is 12.7. The van der Waals surface area contributed by atoms with E-state index in [4.69, 9.17) is 0 Å². The number of allylic oxidation sites excluding steroid dienone is 1. The first-order valence-electron chi connectivity index (χ1n) is 6.74. The number of benzene rings is 1. The van der Waals surface area contributed by atoms with E-state index in [-0.39, 0.29) is 12.4 Å². The molecule has 0 saturated carbocycles. The van der Waals surface area contributed by atoms with Crippen molar-refractivity contribution in [1.29, 1.82) is 0 Å². The first kappa shape index (κ1) is 17.2. The molecule has 0 amide bonds. The molecule has 0 saturated heterocycles. The van der Waals surface area contributed by atoms with E-state index >= 15 is 0 Å². The first-order chi connectivity index (χ1) is 8.21. The molecule has 0 spiro atoms. The van der Waals surface area contributed by atoms with Crippen molar-refractivity contribution >= 4 is 0 Å². The van der Waals surface area contributed by atoms with Crippen LogP contribution in [0.4, 0.5) is 0 Å². The van der Waals surface area contributed by atoms with Crippen LogP contribution in [0, 0.1) is 6.92 Å². The van der Waals surface area contributed by atoms with Gasteiger partial charge in [0.05, 0.1) is 13.1 Å². The van der Waals surface area contributed by atoms with Gasteiger partial charge in [0, 0.05) is 6.42 Å². The smallest absolute Gasteiger partial charge is 0.110 e. The van der Waals surface area contributed by atoms with Crippen LogP contribution in [0.2, 0.25) is 0 Å². The molecule has 1 aromatic carbocycles. The highest BCUT2D eigenvalue weighted by molar-refractivity contribution is 5.23. The van der Waals surface area contributed by atoms with Gasteiger partial charge in [-0.1, -0.05) is 35.9 Å². The molecule has 1 atom stereocenters. The zero-order valence-corrected chi connectivity index (χ0v) is 12.8. The Kier molecular flexibility index (Phi) is 8.78. The van der Waals surface area contributed by atoms with E-state index in [0.717, 1.165) is 6.42 Å². The number of rotatable bonds is 6. The van der Waals surface area contributed by atoms with Crippen molar-refractivity contribution in [2.24, 2.45) is 0 Å². The van der Waals surface area contributed by atoms with Crippen LogP contribution in [0.25, 0.3) is 0 Å². The van der Waals surface area contributed by atoms with Crippen molar-refractivity contribution in [3.05, 3.63) is 47.5 Å². The molecule has 1 aromatic rings. The number of halogens is 1. The molecule has 1 rings (SSSR count). The van der Waals surface area contributed by atoms with Gasteiger partial charge in [0.2, 0.25) is 0 Å². The second-order valence-electron chi connectivity index (χ2n) is 4.69. The molecule has 0 aromatic heterocycles. The first-order valence-corrected chi connectivity index (χ1v) is 6.74. The van der Waals surface area contributed by atoms with E-state index in [1.807, 2.05) is 0 Å². The fourth-order valence-corrected chi connectivity index (χ4v) is 2.45. The van der Waals surface area contributed by atoms with Crippen LogP contribution in [0.15, 0.2) is 36.4 Å². The summed E-state index contributed by atoms with van der Waals surface area (Å²) >= 11 is 0. The third-order valence-corrected chi connectivity index (χ3v) is 3.40. The molecule has 0 heterocycles. The molecule has 0 radical (unpaired) electrons. The molecule has 18 heavy (non-hydrogen) atoms. The van der Waals surface area contributed by atoms with Crippen LogP contribution >= 0.6 is 0 Å². The Morgan fingerprint density at radius 3 is 2.39 bits per heavy atom. The highest BCUT2D eigenvalue weighted by Gasteiger charge is 2.16. The fourth-order valence-electron chi connectivity index (χ4n) is 2.45. The quantitative estimate of drug-likeness (QED) is 0.658. The zero-order valence-electron chi connectivity index (χ0n) is 12.0. The average Bonchev–Trinajstić information content (AvgIpc) is 2.31. The monoisotopic (exact) mass is 267 g/mol. The number of hydrogen-bond donors (Lipinski definition) is 1. The number of hydrogen-bond acceptors (Lipinski definition) is 0. The highest BCUT2D eigenvalue weighted by Crippen LogP contribution is 2.06. The summed E-state index contributed by atoms with van der Waals surface area (Å²) in [7, 11) is 0. The van der Waals surface area contributed by atoms with Crippen LogP contribution in [0.3, 0.4) is 0 Å². The van der Waals surface area contributed by atoms with Gasteiger partial charge in [-0.25, -0.2) is 0 Å². The molecule has 0 bridgehead atoms. The summed E-state index contributed by atoms with van der Waals surface area (Å²) < 4.78 is 0. The summed E-state index contributed by atoms with van der Waals surface area (Å²) in [5, 5.41) is 0. The third kappa shape index (κ3) is 5.24. The van der Waals surface area contributed by atoms with Crippen molar-refractivity contribution < 1.29 is 17.3 Å². The van der Waals surface area contributed by atoms with Crippen molar-refractivity contribution in [3.63, 3.8) is 0 Å². The van der Waals surface area contributed by atoms with Crippen molar-refractivity contribution in [2.45, 2.75) is 40.2 Å². The van der Waals surface area contributed by atoms with Gasteiger partial charge in [-0.2, -0.15) is 0 Å². The largest absolute Gasteiger partial charge is 1.00 e. The van der Waals surface area contributed by atoms with Crippen molar-refractivity contribution in [1.82, 2.24) is 0 Å². The predicted molar refractivity (Wildman–Crippen MR) is 75.5 cm³/mol. The van der Waals surface area contributed by atoms with E-state index in [1.54, 1.807) is 4.90 Å². The standard InChI is InChI=1S/C16H25N.ClH/c1-5-9-16(17(6-2)7-3)13-15-11-8-10-14(4)12-15;/h5,8-12,16H,6-7,13H2,1-4H3;1H/b9-5+;. The lowest BCUT2D eigenvalue weighted by molar-refractivity contribution is -0.915. The average molecular weight is 268 g/mol. The van der Waals surface area contributed by atoms with Gasteiger partial charge in [-0.3, -0.25) is 0 Å². The van der Waals surface area contributed by atoms with Crippen LogP contribution in [-0.2, 0) is 6.42 Å². The second-order valence-corrected chi connectivity index (χ2v) is 4.69. The highest BCUT2D eigenvalue weighted by atomic mass is 35.5. The minimum absolute atomic E-state index is 0. The molecular weight excluding hydrogens is 242 g/mol. The molecule has 0 aliphatic carbocycles. The number of aryl methyl sites for hydroxylation is 1. The Balaban J connectivity index is 0.00000289. The maximum atomic E-state index is 2.35. The summed E-state index contributed by atoms with van der Waals surface area (Å²) in [5.74, 6) is 0. The van der Waals surface area contributed by atoms with Crippen LogP contribution < -0.4 is 17.3 Å². The minimum Gasteiger partial charge on any atom is -1.00 e. The summed E-state index contributed by atoms with van der Waals surface area (Å²) in [6.07, 6.45) is 5.68. The number of quaternary nitrogens is 1. The van der Waals surface area contributed by atoms with E-state index in [9.17, 15) is 0 Å². The van der Waals surface area contributed by atoms with Gasteiger partial charge in [0.25, 0.3) is 0 Å². The summed E-state index contributed by atoms with van der Waals surface area (Å²) in [4.78, 5) is 1.66. The SMILES string of the molecule is C/C=C/C(Cc1cccc(C)c1)[NH+](CC)CC.[Cl-]. The van der Waals surface area contributed by atoms with Gasteiger partial charge < -0.3 is 17.3 Å². The lowest BCUT2D eigenvalue weighted by atomic mass is 10.0. The summed E-state index contributed by atoms with van der Waals surface area (Å²) in [6, 6.07) is 9.48. The van der Waals surface area contributed by atoms with E-state index < -0.39 is 0 Å². The molecule has 1 N–H and O–H groups in total. The topological polar surface area (TPSA) is 4.44 Å². The van der Waals surface area contributed by atoms with E-state index in [2.05, 4.69) is 64.1 Å². The van der Waals surface area contributed by atoms with Crippen molar-refractivity contribution in [3.8, 4) is 0 Å². The Labute approximate surface area is 118 Å². The third-order valence-electron chi connectivity index (χ3n) is 3.40. The molecule has 1 unspecified atom stereocenters. The van der Waals surface area contributed by atoms with Gasteiger partial charge >= 0.3 is 0 Å². The number of likely N-dealkylation sites (N-methyl/N-ethyl adjacent to an activating group) is 1. The Morgan fingerprint density at radius 2 is 1.89 bits per heavy atom. The van der Waals surface area contributed by atoms with Crippen LogP contribution in [-0.4, -0.2) is 19.1 Å². The molecular formula is C16H26ClN. The van der Waals surface area contributed by atoms with Crippen LogP contribution in [0.1, 0.15) is 31.9 Å². The molecule has 0 fully saturated rings. The molecule has 1 nitrogen and oxygen atoms in total. The Hall–Kier alpha value is -0.790. The minimum atomic E-state index is 0. The maximum Gasteiger partial charge on any atom is 0.110 e. The zero-order chi connectivity index (χ0) is 12.7. The number of nitrogens with one attached hydrogen (secondary N) is 1. The predicted octanol–water partition coefficient (Wildman–Crippen LogP) is -0.589. The van der Waals surface area contributed by atoms with Gasteiger partial charge in [-0.05, 0) is 39.3 Å². The molecule has 0 aliphatic heterocycles. The fraction of sp³-hybridized carbons (Fsp3) is 0.500.